The molecule has 170 valence electrons. The van der Waals surface area contributed by atoms with Crippen LogP contribution in [0.15, 0.2) is 36.5 Å². The largest absolute Gasteiger partial charge is 0.379 e. The van der Waals surface area contributed by atoms with E-state index >= 15 is 0 Å². The first-order valence-corrected chi connectivity index (χ1v) is 12.4. The van der Waals surface area contributed by atoms with Crippen molar-refractivity contribution in [2.24, 2.45) is 17.8 Å². The Kier molecular flexibility index (Phi) is 5.30. The molecule has 1 amide bonds. The summed E-state index contributed by atoms with van der Waals surface area (Å²) in [5.74, 6) is 2.49. The zero-order valence-electron chi connectivity index (χ0n) is 18.8. The van der Waals surface area contributed by atoms with E-state index in [2.05, 4.69) is 22.3 Å². The van der Waals surface area contributed by atoms with E-state index in [0.717, 1.165) is 67.5 Å². The molecule has 1 N–H and O–H groups in total. The van der Waals surface area contributed by atoms with Gasteiger partial charge in [0.25, 0.3) is 5.91 Å². The molecular formula is C26H34N4O2. The lowest BCUT2D eigenvalue weighted by molar-refractivity contribution is -0.00771. The molecule has 1 saturated heterocycles. The molecular weight excluding hydrogens is 400 g/mol. The predicted octanol–water partition coefficient (Wildman–Crippen LogP) is 3.40. The second-order valence-electron chi connectivity index (χ2n) is 10.6. The summed E-state index contributed by atoms with van der Waals surface area (Å²) in [5, 5.41) is 8.33. The number of benzene rings is 1. The lowest BCUT2D eigenvalue weighted by Crippen LogP contribution is -2.49. The number of hydrogen-bond donors (Lipinski definition) is 1. The summed E-state index contributed by atoms with van der Waals surface area (Å²) in [6.45, 7) is 4.99. The lowest BCUT2D eigenvalue weighted by Gasteiger charge is -2.56. The third kappa shape index (κ3) is 3.77. The summed E-state index contributed by atoms with van der Waals surface area (Å²) in [4.78, 5) is 15.8. The summed E-state index contributed by atoms with van der Waals surface area (Å²) in [5.41, 5.74) is 2.96. The minimum Gasteiger partial charge on any atom is -0.379 e. The minimum atomic E-state index is 0.0335. The second kappa shape index (κ2) is 8.31. The third-order valence-corrected chi connectivity index (χ3v) is 8.34. The Morgan fingerprint density at radius 2 is 1.69 bits per heavy atom. The normalized spacial score (nSPS) is 31.7. The molecule has 4 saturated carbocycles. The van der Waals surface area contributed by atoms with Gasteiger partial charge in [0.15, 0.2) is 0 Å². The molecule has 32 heavy (non-hydrogen) atoms. The SMILES string of the molecule is O=C(NCCN1CCOCC1)c1cn(-c2ccccc2)nc1C12CC3CC(CC(C3)C1)C2. The minimum absolute atomic E-state index is 0.0335. The Balaban J connectivity index is 1.28. The van der Waals surface area contributed by atoms with Crippen LogP contribution in [0, 0.1) is 17.8 Å². The molecule has 4 bridgehead atoms. The average Bonchev–Trinajstić information content (AvgIpc) is 3.26. The summed E-state index contributed by atoms with van der Waals surface area (Å²) < 4.78 is 7.37. The molecule has 1 aromatic carbocycles. The van der Waals surface area contributed by atoms with Crippen molar-refractivity contribution in [1.82, 2.24) is 20.0 Å². The van der Waals surface area contributed by atoms with Gasteiger partial charge in [-0.15, -0.1) is 0 Å². The molecule has 0 radical (unpaired) electrons. The van der Waals surface area contributed by atoms with Crippen molar-refractivity contribution in [1.29, 1.82) is 0 Å². The van der Waals surface area contributed by atoms with Gasteiger partial charge in [-0.3, -0.25) is 9.69 Å². The number of aromatic nitrogens is 2. The fourth-order valence-corrected chi connectivity index (χ4v) is 7.29. The lowest BCUT2D eigenvalue weighted by atomic mass is 9.48. The summed E-state index contributed by atoms with van der Waals surface area (Å²) in [6.07, 6.45) is 9.77. The van der Waals surface area contributed by atoms with Gasteiger partial charge >= 0.3 is 0 Å². The highest BCUT2D eigenvalue weighted by atomic mass is 16.5. The van der Waals surface area contributed by atoms with Crippen LogP contribution in [0.4, 0.5) is 0 Å². The monoisotopic (exact) mass is 434 g/mol. The number of amides is 1. The number of nitrogens with zero attached hydrogens (tertiary/aromatic N) is 3. The van der Waals surface area contributed by atoms with E-state index in [1.165, 1.54) is 38.5 Å². The second-order valence-corrected chi connectivity index (χ2v) is 10.6. The van der Waals surface area contributed by atoms with Gasteiger partial charge in [0, 0.05) is 37.8 Å². The average molecular weight is 435 g/mol. The number of carbonyl (C=O) groups excluding carboxylic acids is 1. The van der Waals surface area contributed by atoms with Gasteiger partial charge in [0.2, 0.25) is 0 Å². The Hall–Kier alpha value is -2.18. The van der Waals surface area contributed by atoms with Gasteiger partial charge in [-0.2, -0.15) is 5.10 Å². The van der Waals surface area contributed by atoms with E-state index in [0.29, 0.717) is 6.54 Å². The molecule has 2 heterocycles. The van der Waals surface area contributed by atoms with Crippen molar-refractivity contribution in [2.45, 2.75) is 43.9 Å². The van der Waals surface area contributed by atoms with E-state index in [9.17, 15) is 4.79 Å². The molecule has 4 aliphatic carbocycles. The van der Waals surface area contributed by atoms with Crippen molar-refractivity contribution in [3.8, 4) is 5.69 Å². The Bertz CT molecular complexity index is 928. The van der Waals surface area contributed by atoms with Crippen molar-refractivity contribution in [3.05, 3.63) is 47.8 Å². The molecule has 0 atom stereocenters. The smallest absolute Gasteiger partial charge is 0.254 e. The van der Waals surface area contributed by atoms with Gasteiger partial charge in [-0.05, 0) is 68.4 Å². The summed E-state index contributed by atoms with van der Waals surface area (Å²) in [6, 6.07) is 10.2. The fourth-order valence-electron chi connectivity index (χ4n) is 7.29. The van der Waals surface area contributed by atoms with Gasteiger partial charge in [-0.1, -0.05) is 18.2 Å². The maximum absolute atomic E-state index is 13.4. The molecule has 2 aromatic rings. The van der Waals surface area contributed by atoms with Crippen LogP contribution in [0.5, 0.6) is 0 Å². The van der Waals surface area contributed by atoms with Crippen LogP contribution in [0.1, 0.15) is 54.6 Å². The number of carbonyl (C=O) groups is 1. The number of morpholine rings is 1. The van der Waals surface area contributed by atoms with Gasteiger partial charge in [-0.25, -0.2) is 4.68 Å². The van der Waals surface area contributed by atoms with Gasteiger partial charge < -0.3 is 10.1 Å². The number of rotatable bonds is 6. The van der Waals surface area contributed by atoms with E-state index in [-0.39, 0.29) is 11.3 Å². The highest BCUT2D eigenvalue weighted by molar-refractivity contribution is 5.95. The topological polar surface area (TPSA) is 59.4 Å². The highest BCUT2D eigenvalue weighted by Crippen LogP contribution is 2.60. The summed E-state index contributed by atoms with van der Waals surface area (Å²) in [7, 11) is 0. The molecule has 6 nitrogen and oxygen atoms in total. The zero-order chi connectivity index (χ0) is 21.5. The predicted molar refractivity (Wildman–Crippen MR) is 123 cm³/mol. The Labute approximate surface area is 190 Å². The van der Waals surface area contributed by atoms with Crippen LogP contribution in [0.3, 0.4) is 0 Å². The molecule has 0 spiro atoms. The number of hydrogen-bond acceptors (Lipinski definition) is 4. The highest BCUT2D eigenvalue weighted by Gasteiger charge is 2.53. The van der Waals surface area contributed by atoms with E-state index in [1.54, 1.807) is 0 Å². The van der Waals surface area contributed by atoms with Crippen LogP contribution in [0.25, 0.3) is 5.69 Å². The van der Waals surface area contributed by atoms with Crippen LogP contribution >= 0.6 is 0 Å². The molecule has 5 fully saturated rings. The maximum atomic E-state index is 13.4. The van der Waals surface area contributed by atoms with E-state index < -0.39 is 0 Å². The first kappa shape index (κ1) is 20.4. The van der Waals surface area contributed by atoms with Gasteiger partial charge in [0.1, 0.15) is 0 Å². The van der Waals surface area contributed by atoms with E-state index in [4.69, 9.17) is 9.84 Å². The number of nitrogens with one attached hydrogen (secondary N) is 1. The Morgan fingerprint density at radius 1 is 1.03 bits per heavy atom. The molecule has 5 aliphatic rings. The van der Waals surface area contributed by atoms with Crippen molar-refractivity contribution < 1.29 is 9.53 Å². The standard InChI is InChI=1S/C26H34N4O2/c31-25(27-6-7-29-8-10-32-11-9-29)23-18-30(22-4-2-1-3-5-22)28-24(23)26-15-19-12-20(16-26)14-21(13-19)17-26/h1-5,18-21H,6-17H2,(H,27,31). The van der Waals surface area contributed by atoms with Crippen LogP contribution in [0.2, 0.25) is 0 Å². The van der Waals surface area contributed by atoms with Crippen LogP contribution in [-0.4, -0.2) is 60.0 Å². The molecule has 7 rings (SSSR count). The van der Waals surface area contributed by atoms with Crippen LogP contribution < -0.4 is 5.32 Å². The van der Waals surface area contributed by atoms with E-state index in [1.807, 2.05) is 29.1 Å². The molecule has 1 aromatic heterocycles. The van der Waals surface area contributed by atoms with Crippen molar-refractivity contribution in [3.63, 3.8) is 0 Å². The quantitative estimate of drug-likeness (QED) is 0.757. The fraction of sp³-hybridized carbons (Fsp3) is 0.615. The Morgan fingerprint density at radius 3 is 2.34 bits per heavy atom. The molecule has 0 unspecified atom stereocenters. The third-order valence-electron chi connectivity index (χ3n) is 8.34. The molecule has 1 aliphatic heterocycles. The zero-order valence-corrected chi connectivity index (χ0v) is 18.8. The van der Waals surface area contributed by atoms with Crippen molar-refractivity contribution in [2.75, 3.05) is 39.4 Å². The molecule has 6 heteroatoms. The maximum Gasteiger partial charge on any atom is 0.254 e. The summed E-state index contributed by atoms with van der Waals surface area (Å²) >= 11 is 0. The van der Waals surface area contributed by atoms with Crippen LogP contribution in [-0.2, 0) is 10.2 Å². The first-order valence-electron chi connectivity index (χ1n) is 12.4. The van der Waals surface area contributed by atoms with Gasteiger partial charge in [0.05, 0.1) is 30.2 Å². The number of ether oxygens (including phenoxy) is 1. The number of para-hydroxylation sites is 1. The van der Waals surface area contributed by atoms with Crippen molar-refractivity contribution >= 4 is 5.91 Å². The first-order chi connectivity index (χ1) is 15.7.